The number of ether oxygens (including phenoxy) is 1. The summed E-state index contributed by atoms with van der Waals surface area (Å²) in [6.45, 7) is 7.22. The zero-order chi connectivity index (χ0) is 23.5. The Morgan fingerprint density at radius 2 is 1.12 bits per heavy atom. The van der Waals surface area contributed by atoms with Crippen LogP contribution < -0.4 is 0 Å². The van der Waals surface area contributed by atoms with Gasteiger partial charge in [-0.25, -0.2) is 0 Å². The van der Waals surface area contributed by atoms with Crippen LogP contribution in [0.4, 0.5) is 0 Å². The highest BCUT2D eigenvalue weighted by molar-refractivity contribution is 5.66. The minimum atomic E-state index is -0.147. The smallest absolute Gasteiger partial charge is 0.302 e. The SMILES string of the molecule is C=C/C=C/C=C/C=C/C=C/C=C/CCCCCCCCCCCCCC(CC)OC(C)=O. The van der Waals surface area contributed by atoms with Crippen LogP contribution in [0.15, 0.2) is 73.4 Å². The fourth-order valence-electron chi connectivity index (χ4n) is 3.51. The summed E-state index contributed by atoms with van der Waals surface area (Å²) in [6, 6.07) is 0. The van der Waals surface area contributed by atoms with Crippen LogP contribution in [-0.2, 0) is 9.53 Å². The average Bonchev–Trinajstić information content (AvgIpc) is 2.78. The molecule has 0 fully saturated rings. The van der Waals surface area contributed by atoms with Gasteiger partial charge in [-0.05, 0) is 32.1 Å². The summed E-state index contributed by atoms with van der Waals surface area (Å²) < 4.78 is 5.30. The number of carbonyl (C=O) groups is 1. The van der Waals surface area contributed by atoms with E-state index in [1.54, 1.807) is 6.08 Å². The molecule has 0 saturated carbocycles. The van der Waals surface area contributed by atoms with Gasteiger partial charge in [-0.15, -0.1) is 0 Å². The van der Waals surface area contributed by atoms with E-state index in [1.165, 1.54) is 84.0 Å². The first-order chi connectivity index (χ1) is 15.7. The quantitative estimate of drug-likeness (QED) is 0.101. The van der Waals surface area contributed by atoms with Crippen LogP contribution in [0.5, 0.6) is 0 Å². The van der Waals surface area contributed by atoms with Crippen LogP contribution in [0.3, 0.4) is 0 Å². The fraction of sp³-hybridized carbons (Fsp3) is 0.567. The summed E-state index contributed by atoms with van der Waals surface area (Å²) in [6.07, 6.45) is 40.1. The van der Waals surface area contributed by atoms with Crippen molar-refractivity contribution < 1.29 is 9.53 Å². The van der Waals surface area contributed by atoms with E-state index in [9.17, 15) is 4.79 Å². The van der Waals surface area contributed by atoms with Gasteiger partial charge in [-0.1, -0.05) is 138 Å². The van der Waals surface area contributed by atoms with Gasteiger partial charge in [-0.2, -0.15) is 0 Å². The minimum Gasteiger partial charge on any atom is -0.463 e. The van der Waals surface area contributed by atoms with Crippen molar-refractivity contribution in [2.75, 3.05) is 0 Å². The highest BCUT2D eigenvalue weighted by atomic mass is 16.5. The monoisotopic (exact) mass is 440 g/mol. The molecule has 0 spiro atoms. The lowest BCUT2D eigenvalue weighted by Gasteiger charge is -2.14. The highest BCUT2D eigenvalue weighted by Crippen LogP contribution is 2.14. The highest BCUT2D eigenvalue weighted by Gasteiger charge is 2.08. The summed E-state index contributed by atoms with van der Waals surface area (Å²) in [5.74, 6) is -0.147. The molecule has 0 aliphatic heterocycles. The van der Waals surface area contributed by atoms with E-state index in [0.29, 0.717) is 0 Å². The third-order valence-electron chi connectivity index (χ3n) is 5.35. The Balaban J connectivity index is 3.38. The molecule has 2 heteroatoms. The standard InChI is InChI=1S/C30H48O2/c1-4-6-7-8-9-10-11-12-13-14-15-16-17-18-19-20-21-22-23-24-25-26-27-28-30(5-2)32-29(3)31/h4,6-15,30H,1,5,16-28H2,2-3H3/b7-6+,9-8+,11-10+,13-12+,15-14+. The van der Waals surface area contributed by atoms with Crippen LogP contribution in [-0.4, -0.2) is 12.1 Å². The van der Waals surface area contributed by atoms with Gasteiger partial charge in [0.15, 0.2) is 0 Å². The third-order valence-corrected chi connectivity index (χ3v) is 5.35. The van der Waals surface area contributed by atoms with Crippen LogP contribution in [0.1, 0.15) is 104 Å². The van der Waals surface area contributed by atoms with Gasteiger partial charge in [0.25, 0.3) is 0 Å². The molecule has 0 saturated heterocycles. The number of esters is 1. The number of unbranched alkanes of at least 4 members (excludes halogenated alkanes) is 11. The van der Waals surface area contributed by atoms with E-state index < -0.39 is 0 Å². The Kier molecular flexibility index (Phi) is 23.5. The maximum atomic E-state index is 11.0. The van der Waals surface area contributed by atoms with Crippen molar-refractivity contribution in [2.45, 2.75) is 110 Å². The predicted molar refractivity (Wildman–Crippen MR) is 142 cm³/mol. The molecule has 1 unspecified atom stereocenters. The van der Waals surface area contributed by atoms with E-state index in [-0.39, 0.29) is 12.1 Å². The van der Waals surface area contributed by atoms with Crippen molar-refractivity contribution in [3.8, 4) is 0 Å². The first-order valence-electron chi connectivity index (χ1n) is 12.8. The first-order valence-corrected chi connectivity index (χ1v) is 12.8. The van der Waals surface area contributed by atoms with Crippen molar-refractivity contribution >= 4 is 5.97 Å². The van der Waals surface area contributed by atoms with E-state index >= 15 is 0 Å². The van der Waals surface area contributed by atoms with E-state index in [4.69, 9.17) is 4.74 Å². The molecule has 1 atom stereocenters. The van der Waals surface area contributed by atoms with Crippen molar-refractivity contribution in [3.05, 3.63) is 73.4 Å². The lowest BCUT2D eigenvalue weighted by molar-refractivity contribution is -0.146. The Hall–Kier alpha value is -2.09. The summed E-state index contributed by atoms with van der Waals surface area (Å²) in [7, 11) is 0. The van der Waals surface area contributed by atoms with E-state index in [1.807, 2.05) is 36.5 Å². The number of hydrogen-bond acceptors (Lipinski definition) is 2. The molecule has 32 heavy (non-hydrogen) atoms. The van der Waals surface area contributed by atoms with Crippen molar-refractivity contribution in [1.82, 2.24) is 0 Å². The van der Waals surface area contributed by atoms with Crippen molar-refractivity contribution in [3.63, 3.8) is 0 Å². The topological polar surface area (TPSA) is 26.3 Å². The second kappa shape index (κ2) is 25.2. The lowest BCUT2D eigenvalue weighted by Crippen LogP contribution is -2.14. The van der Waals surface area contributed by atoms with Gasteiger partial charge >= 0.3 is 5.97 Å². The molecule has 0 aliphatic carbocycles. The second-order valence-corrected chi connectivity index (χ2v) is 8.31. The van der Waals surface area contributed by atoms with Crippen LogP contribution in [0.25, 0.3) is 0 Å². The number of allylic oxidation sites excluding steroid dienone is 11. The van der Waals surface area contributed by atoms with Crippen LogP contribution in [0, 0.1) is 0 Å². The van der Waals surface area contributed by atoms with Crippen molar-refractivity contribution in [2.24, 2.45) is 0 Å². The van der Waals surface area contributed by atoms with Crippen molar-refractivity contribution in [1.29, 1.82) is 0 Å². The normalized spacial score (nSPS) is 13.3. The van der Waals surface area contributed by atoms with Gasteiger partial charge in [0.05, 0.1) is 0 Å². The van der Waals surface area contributed by atoms with E-state index in [2.05, 4.69) is 37.8 Å². The Morgan fingerprint density at radius 3 is 1.59 bits per heavy atom. The zero-order valence-electron chi connectivity index (χ0n) is 20.9. The molecule has 0 aromatic carbocycles. The molecule has 0 rings (SSSR count). The summed E-state index contributed by atoms with van der Waals surface area (Å²) in [5, 5.41) is 0. The summed E-state index contributed by atoms with van der Waals surface area (Å²) >= 11 is 0. The molecule has 0 aromatic rings. The Bertz CT molecular complexity index is 578. The largest absolute Gasteiger partial charge is 0.463 e. The molecule has 0 N–H and O–H groups in total. The third kappa shape index (κ3) is 24.2. The predicted octanol–water partition coefficient (Wildman–Crippen LogP) is 9.37. The minimum absolute atomic E-state index is 0.125. The molecule has 0 radical (unpaired) electrons. The maximum Gasteiger partial charge on any atom is 0.302 e. The molecule has 0 heterocycles. The molecule has 0 bridgehead atoms. The van der Waals surface area contributed by atoms with Gasteiger partial charge in [0, 0.05) is 6.92 Å². The molecular formula is C30H48O2. The van der Waals surface area contributed by atoms with Gasteiger partial charge in [0.2, 0.25) is 0 Å². The Labute approximate surface area is 198 Å². The molecule has 180 valence electrons. The van der Waals surface area contributed by atoms with Gasteiger partial charge in [0.1, 0.15) is 6.10 Å². The van der Waals surface area contributed by atoms with Gasteiger partial charge in [-0.3, -0.25) is 4.79 Å². The maximum absolute atomic E-state index is 11.0. The summed E-state index contributed by atoms with van der Waals surface area (Å²) in [5.41, 5.74) is 0. The molecule has 2 nitrogen and oxygen atoms in total. The number of rotatable bonds is 21. The first kappa shape index (κ1) is 29.9. The van der Waals surface area contributed by atoms with Crippen LogP contribution in [0.2, 0.25) is 0 Å². The fourth-order valence-corrected chi connectivity index (χ4v) is 3.51. The number of carbonyl (C=O) groups excluding carboxylic acids is 1. The molecule has 0 aromatic heterocycles. The average molecular weight is 441 g/mol. The van der Waals surface area contributed by atoms with Crippen LogP contribution >= 0.6 is 0 Å². The molecule has 0 amide bonds. The molecular weight excluding hydrogens is 392 g/mol. The lowest BCUT2D eigenvalue weighted by atomic mass is 10.0. The van der Waals surface area contributed by atoms with Gasteiger partial charge < -0.3 is 4.74 Å². The summed E-state index contributed by atoms with van der Waals surface area (Å²) in [4.78, 5) is 11.0. The zero-order valence-corrected chi connectivity index (χ0v) is 20.9. The van der Waals surface area contributed by atoms with E-state index in [0.717, 1.165) is 12.8 Å². The molecule has 0 aliphatic rings. The Morgan fingerprint density at radius 1 is 0.688 bits per heavy atom. The number of hydrogen-bond donors (Lipinski definition) is 0. The second-order valence-electron chi connectivity index (χ2n) is 8.31.